The second-order valence-corrected chi connectivity index (χ2v) is 4.72. The molecule has 0 heterocycles. The summed E-state index contributed by atoms with van der Waals surface area (Å²) in [6, 6.07) is 9.68. The number of carbonyl (C=O) groups is 1. The Morgan fingerprint density at radius 3 is 2.50 bits per heavy atom. The van der Waals surface area contributed by atoms with Gasteiger partial charge in [0.2, 0.25) is 5.91 Å². The van der Waals surface area contributed by atoms with Crippen molar-refractivity contribution in [3.05, 3.63) is 35.9 Å². The van der Waals surface area contributed by atoms with Crippen molar-refractivity contribution in [1.29, 1.82) is 0 Å². The number of amides is 1. The average Bonchev–Trinajstić information content (AvgIpc) is 2.27. The van der Waals surface area contributed by atoms with Gasteiger partial charge in [0, 0.05) is 20.0 Å². The van der Waals surface area contributed by atoms with Crippen LogP contribution < -0.4 is 5.32 Å². The van der Waals surface area contributed by atoms with E-state index in [-0.39, 0.29) is 18.6 Å². The zero-order valence-corrected chi connectivity index (χ0v) is 11.1. The van der Waals surface area contributed by atoms with E-state index in [2.05, 4.69) is 5.32 Å². The van der Waals surface area contributed by atoms with Crippen molar-refractivity contribution in [2.45, 2.75) is 39.0 Å². The van der Waals surface area contributed by atoms with E-state index in [1.165, 1.54) is 6.92 Å². The highest BCUT2D eigenvalue weighted by Gasteiger charge is 2.25. The van der Waals surface area contributed by atoms with E-state index in [1.54, 1.807) is 13.8 Å². The first-order valence-corrected chi connectivity index (χ1v) is 6.07. The molecule has 0 aliphatic carbocycles. The molecule has 0 spiro atoms. The summed E-state index contributed by atoms with van der Waals surface area (Å²) in [5.74, 6) is -0.143. The van der Waals surface area contributed by atoms with E-state index in [9.17, 15) is 4.79 Å². The maximum atomic E-state index is 11.1. The zero-order valence-electron chi connectivity index (χ0n) is 11.1. The summed E-state index contributed by atoms with van der Waals surface area (Å²) in [5.41, 5.74) is 0.228. The van der Waals surface area contributed by atoms with Crippen molar-refractivity contribution < 1.29 is 14.6 Å². The Morgan fingerprint density at radius 2 is 2.00 bits per heavy atom. The average molecular weight is 251 g/mol. The maximum Gasteiger partial charge on any atom is 0.219 e. The van der Waals surface area contributed by atoms with Gasteiger partial charge in [0.05, 0.1) is 6.10 Å². The van der Waals surface area contributed by atoms with Crippen LogP contribution in [0.15, 0.2) is 30.3 Å². The Bertz CT molecular complexity index is 376. The summed E-state index contributed by atoms with van der Waals surface area (Å²) >= 11 is 0. The SMILES string of the molecule is CC(=O)NC(C)(C)O[C@@H](CCO)c1ccccc1. The first-order chi connectivity index (χ1) is 8.44. The molecule has 0 fully saturated rings. The molecule has 0 bridgehead atoms. The fraction of sp³-hybridized carbons (Fsp3) is 0.500. The normalized spacial score (nSPS) is 13.1. The van der Waals surface area contributed by atoms with E-state index in [0.717, 1.165) is 5.56 Å². The predicted octanol–water partition coefficient (Wildman–Crippen LogP) is 2.00. The Morgan fingerprint density at radius 1 is 1.39 bits per heavy atom. The summed E-state index contributed by atoms with van der Waals surface area (Å²) in [6.07, 6.45) is 0.255. The maximum absolute atomic E-state index is 11.1. The van der Waals surface area contributed by atoms with E-state index in [0.29, 0.717) is 6.42 Å². The minimum absolute atomic E-state index is 0.0374. The highest BCUT2D eigenvalue weighted by atomic mass is 16.5. The molecule has 0 saturated heterocycles. The van der Waals surface area contributed by atoms with Crippen molar-refractivity contribution in [2.75, 3.05) is 6.61 Å². The van der Waals surface area contributed by atoms with Crippen LogP contribution in [0.25, 0.3) is 0 Å². The van der Waals surface area contributed by atoms with Crippen LogP contribution in [-0.4, -0.2) is 23.3 Å². The molecule has 2 N–H and O–H groups in total. The molecule has 100 valence electrons. The third kappa shape index (κ3) is 4.85. The van der Waals surface area contributed by atoms with E-state index >= 15 is 0 Å². The van der Waals surface area contributed by atoms with Gasteiger partial charge in [-0.3, -0.25) is 4.79 Å². The van der Waals surface area contributed by atoms with Crippen LogP contribution in [0.3, 0.4) is 0 Å². The Labute approximate surface area is 108 Å². The molecule has 0 aliphatic heterocycles. The van der Waals surface area contributed by atoms with Gasteiger partial charge in [0.1, 0.15) is 5.72 Å². The van der Waals surface area contributed by atoms with E-state index < -0.39 is 5.72 Å². The van der Waals surface area contributed by atoms with Gasteiger partial charge < -0.3 is 15.2 Å². The number of aliphatic hydroxyl groups is 1. The molecule has 18 heavy (non-hydrogen) atoms. The molecule has 1 aromatic carbocycles. The number of rotatable bonds is 6. The third-order valence-corrected chi connectivity index (χ3v) is 2.48. The molecule has 0 aromatic heterocycles. The number of aliphatic hydroxyl groups excluding tert-OH is 1. The zero-order chi connectivity index (χ0) is 13.6. The molecule has 0 saturated carbocycles. The number of carbonyl (C=O) groups excluding carboxylic acids is 1. The van der Waals surface area contributed by atoms with Crippen LogP contribution in [0.4, 0.5) is 0 Å². The molecular weight excluding hydrogens is 230 g/mol. The minimum Gasteiger partial charge on any atom is -0.396 e. The summed E-state index contributed by atoms with van der Waals surface area (Å²) < 4.78 is 5.88. The number of hydrogen-bond acceptors (Lipinski definition) is 3. The summed E-state index contributed by atoms with van der Waals surface area (Å²) in [4.78, 5) is 11.1. The van der Waals surface area contributed by atoms with Crippen LogP contribution in [-0.2, 0) is 9.53 Å². The molecule has 1 rings (SSSR count). The highest BCUT2D eigenvalue weighted by molar-refractivity contribution is 5.73. The van der Waals surface area contributed by atoms with Crippen molar-refractivity contribution >= 4 is 5.91 Å². The number of ether oxygens (including phenoxy) is 1. The fourth-order valence-electron chi connectivity index (χ4n) is 1.89. The van der Waals surface area contributed by atoms with Gasteiger partial charge in [-0.2, -0.15) is 0 Å². The topological polar surface area (TPSA) is 58.6 Å². The van der Waals surface area contributed by atoms with Crippen molar-refractivity contribution in [3.63, 3.8) is 0 Å². The third-order valence-electron chi connectivity index (χ3n) is 2.48. The summed E-state index contributed by atoms with van der Waals surface area (Å²) in [5, 5.41) is 11.8. The lowest BCUT2D eigenvalue weighted by Gasteiger charge is -2.31. The molecule has 0 unspecified atom stereocenters. The smallest absolute Gasteiger partial charge is 0.219 e. The summed E-state index contributed by atoms with van der Waals surface area (Å²) in [7, 11) is 0. The molecule has 4 heteroatoms. The van der Waals surface area contributed by atoms with Crippen LogP contribution in [0.2, 0.25) is 0 Å². The Hall–Kier alpha value is -1.39. The molecule has 1 aromatic rings. The van der Waals surface area contributed by atoms with Gasteiger partial charge in [-0.05, 0) is 19.4 Å². The second-order valence-electron chi connectivity index (χ2n) is 4.72. The Kier molecular flexibility index (Phi) is 5.31. The lowest BCUT2D eigenvalue weighted by molar-refractivity contribution is -0.137. The standard InChI is InChI=1S/C14H21NO3/c1-11(17)15-14(2,3)18-13(9-10-16)12-7-5-4-6-8-12/h4-8,13,16H,9-10H2,1-3H3,(H,15,17)/t13-/m0/s1. The highest BCUT2D eigenvalue weighted by Crippen LogP contribution is 2.25. The first-order valence-electron chi connectivity index (χ1n) is 6.07. The van der Waals surface area contributed by atoms with E-state index in [1.807, 2.05) is 30.3 Å². The van der Waals surface area contributed by atoms with Crippen molar-refractivity contribution in [1.82, 2.24) is 5.32 Å². The summed E-state index contributed by atoms with van der Waals surface area (Å²) in [6.45, 7) is 5.08. The number of benzene rings is 1. The largest absolute Gasteiger partial charge is 0.396 e. The Balaban J connectivity index is 2.77. The van der Waals surface area contributed by atoms with Gasteiger partial charge in [-0.15, -0.1) is 0 Å². The van der Waals surface area contributed by atoms with Crippen LogP contribution in [0.5, 0.6) is 0 Å². The van der Waals surface area contributed by atoms with Gasteiger partial charge in [0.25, 0.3) is 0 Å². The van der Waals surface area contributed by atoms with Crippen molar-refractivity contribution in [2.24, 2.45) is 0 Å². The fourth-order valence-corrected chi connectivity index (χ4v) is 1.89. The first kappa shape index (κ1) is 14.7. The second kappa shape index (κ2) is 6.52. The van der Waals surface area contributed by atoms with Crippen LogP contribution >= 0.6 is 0 Å². The molecule has 0 aliphatic rings. The molecule has 1 atom stereocenters. The molecule has 1 amide bonds. The van der Waals surface area contributed by atoms with Gasteiger partial charge >= 0.3 is 0 Å². The molecule has 0 radical (unpaired) electrons. The monoisotopic (exact) mass is 251 g/mol. The lowest BCUT2D eigenvalue weighted by atomic mass is 10.1. The minimum atomic E-state index is -0.762. The molecular formula is C14H21NO3. The van der Waals surface area contributed by atoms with Crippen LogP contribution in [0, 0.1) is 0 Å². The van der Waals surface area contributed by atoms with Crippen molar-refractivity contribution in [3.8, 4) is 0 Å². The molecule has 4 nitrogen and oxygen atoms in total. The lowest BCUT2D eigenvalue weighted by Crippen LogP contribution is -2.45. The predicted molar refractivity (Wildman–Crippen MR) is 69.9 cm³/mol. The van der Waals surface area contributed by atoms with Gasteiger partial charge in [0.15, 0.2) is 0 Å². The number of hydrogen-bond donors (Lipinski definition) is 2. The van der Waals surface area contributed by atoms with E-state index in [4.69, 9.17) is 9.84 Å². The van der Waals surface area contributed by atoms with Gasteiger partial charge in [-0.25, -0.2) is 0 Å². The number of nitrogens with one attached hydrogen (secondary N) is 1. The van der Waals surface area contributed by atoms with Gasteiger partial charge in [-0.1, -0.05) is 30.3 Å². The van der Waals surface area contributed by atoms with Crippen LogP contribution in [0.1, 0.15) is 38.9 Å². The quantitative estimate of drug-likeness (QED) is 0.760.